The molecule has 276 valence electrons. The molecule has 2 fully saturated rings. The second kappa shape index (κ2) is 14.7. The molecule has 48 heavy (non-hydrogen) atoms. The molecule has 0 spiro atoms. The van der Waals surface area contributed by atoms with Crippen LogP contribution in [0.25, 0.3) is 0 Å². The summed E-state index contributed by atoms with van der Waals surface area (Å²) in [5.41, 5.74) is -3.86. The summed E-state index contributed by atoms with van der Waals surface area (Å²) < 4.78 is 134. The van der Waals surface area contributed by atoms with E-state index in [0.717, 1.165) is 57.4 Å². The van der Waals surface area contributed by atoms with Gasteiger partial charge in [-0.3, -0.25) is 0 Å². The SMILES string of the molecule is CSC(C)(C)CCN(C)CCOc1ccc2c(c1)CC[C@@H]1[C@@H]2CC[C@]2(C)[C@@H](OCCCOC(C(F)(F)F)(C(F)(F)F)C(F)(F)F)CC[C@@H]12. The molecule has 4 nitrogen and oxygen atoms in total. The van der Waals surface area contributed by atoms with E-state index in [1.807, 2.05) is 17.8 Å². The molecular formula is C34H48F9NO3S. The van der Waals surface area contributed by atoms with E-state index in [1.165, 1.54) is 11.1 Å². The maximum atomic E-state index is 13.1. The van der Waals surface area contributed by atoms with Gasteiger partial charge in [0.05, 0.1) is 12.7 Å². The molecule has 3 aliphatic carbocycles. The fourth-order valence-electron chi connectivity index (χ4n) is 8.10. The standard InChI is InChI=1S/C34H48F9NO3S/c1-29(2,48-5)15-16-44(4)17-20-45-23-8-10-24-22(21-23)7-9-26-25(24)13-14-30(3)27(26)11-12-28(30)46-18-6-19-47-31(32(35,36)37,33(38,39)40)34(41,42)43/h8,10,21,25-28H,6-7,9,11-20H2,1-5H3/t25-,26-,27+,28+,30+/m1/s1. The summed E-state index contributed by atoms with van der Waals surface area (Å²) in [7, 11) is 2.11. The molecule has 0 heterocycles. The number of fused-ring (bicyclic) bond motifs is 5. The molecule has 0 aliphatic heterocycles. The average Bonchev–Trinajstić information content (AvgIpc) is 3.31. The Labute approximate surface area is 281 Å². The van der Waals surface area contributed by atoms with Crippen molar-refractivity contribution in [3.8, 4) is 5.75 Å². The highest BCUT2D eigenvalue weighted by molar-refractivity contribution is 7.99. The number of ether oxygens (including phenoxy) is 3. The predicted molar refractivity (Wildman–Crippen MR) is 167 cm³/mol. The summed E-state index contributed by atoms with van der Waals surface area (Å²) in [4.78, 5) is 2.28. The van der Waals surface area contributed by atoms with Gasteiger partial charge < -0.3 is 19.1 Å². The van der Waals surface area contributed by atoms with Crippen molar-refractivity contribution < 1.29 is 53.7 Å². The predicted octanol–water partition coefficient (Wildman–Crippen LogP) is 9.60. The van der Waals surface area contributed by atoms with E-state index in [1.54, 1.807) is 0 Å². The van der Waals surface area contributed by atoms with Crippen LogP contribution in [0.1, 0.15) is 82.8 Å². The number of aryl methyl sites for hydroxylation is 1. The smallest absolute Gasteiger partial charge is 0.435 e. The number of nitrogens with zero attached hydrogens (tertiary/aromatic N) is 1. The van der Waals surface area contributed by atoms with Gasteiger partial charge in [-0.2, -0.15) is 51.3 Å². The Morgan fingerprint density at radius 3 is 2.17 bits per heavy atom. The van der Waals surface area contributed by atoms with Crippen LogP contribution in [0, 0.1) is 17.3 Å². The maximum absolute atomic E-state index is 13.1. The molecule has 0 unspecified atom stereocenters. The Morgan fingerprint density at radius 2 is 1.54 bits per heavy atom. The van der Waals surface area contributed by atoms with Crippen molar-refractivity contribution >= 4 is 11.8 Å². The number of alkyl halides is 9. The second-order valence-electron chi connectivity index (χ2n) is 14.5. The van der Waals surface area contributed by atoms with Gasteiger partial charge >= 0.3 is 24.1 Å². The fraction of sp³-hybridized carbons (Fsp3) is 0.824. The minimum absolute atomic E-state index is 0.242. The molecule has 4 rings (SSSR count). The second-order valence-corrected chi connectivity index (χ2v) is 16.0. The van der Waals surface area contributed by atoms with Gasteiger partial charge in [0.1, 0.15) is 12.4 Å². The molecule has 1 aromatic carbocycles. The molecule has 0 bridgehead atoms. The first-order valence-corrected chi connectivity index (χ1v) is 17.8. The molecule has 1 aromatic rings. The van der Waals surface area contributed by atoms with Gasteiger partial charge in [0.15, 0.2) is 0 Å². The number of hydrogen-bond donors (Lipinski definition) is 0. The lowest BCUT2D eigenvalue weighted by atomic mass is 9.55. The number of rotatable bonds is 14. The van der Waals surface area contributed by atoms with Gasteiger partial charge in [0, 0.05) is 17.9 Å². The summed E-state index contributed by atoms with van der Waals surface area (Å²) in [6.45, 7) is 7.33. The molecule has 0 aromatic heterocycles. The quantitative estimate of drug-likeness (QED) is 0.141. The molecule has 0 radical (unpaired) electrons. The Bertz CT molecular complexity index is 1190. The molecule has 0 N–H and O–H groups in total. The van der Waals surface area contributed by atoms with Crippen LogP contribution in [0.4, 0.5) is 39.5 Å². The lowest BCUT2D eigenvalue weighted by Crippen LogP contribution is -2.67. The Kier molecular flexibility index (Phi) is 12.1. The minimum atomic E-state index is -6.73. The van der Waals surface area contributed by atoms with Crippen molar-refractivity contribution in [3.05, 3.63) is 29.3 Å². The Hall–Kier alpha value is -1.38. The van der Waals surface area contributed by atoms with Crippen molar-refractivity contribution in [1.82, 2.24) is 4.90 Å². The normalized spacial score (nSPS) is 26.7. The van der Waals surface area contributed by atoms with Crippen molar-refractivity contribution in [2.24, 2.45) is 17.3 Å². The van der Waals surface area contributed by atoms with Gasteiger partial charge in [0.25, 0.3) is 0 Å². The zero-order valence-corrected chi connectivity index (χ0v) is 29.0. The molecule has 5 atom stereocenters. The number of hydrogen-bond acceptors (Lipinski definition) is 5. The third-order valence-corrected chi connectivity index (χ3v) is 12.4. The molecule has 2 saturated carbocycles. The van der Waals surface area contributed by atoms with Crippen molar-refractivity contribution in [2.45, 2.75) is 113 Å². The highest BCUT2D eigenvalue weighted by Gasteiger charge is 2.85. The summed E-state index contributed by atoms with van der Waals surface area (Å²) in [5.74, 6) is 1.97. The van der Waals surface area contributed by atoms with Crippen LogP contribution in [-0.2, 0) is 15.9 Å². The molecule has 0 saturated heterocycles. The van der Waals surface area contributed by atoms with E-state index in [9.17, 15) is 39.5 Å². The van der Waals surface area contributed by atoms with Gasteiger partial charge in [-0.05, 0) is 118 Å². The van der Waals surface area contributed by atoms with E-state index in [4.69, 9.17) is 9.47 Å². The minimum Gasteiger partial charge on any atom is -0.492 e. The first-order valence-electron chi connectivity index (χ1n) is 16.6. The van der Waals surface area contributed by atoms with Crippen LogP contribution >= 0.6 is 11.8 Å². The van der Waals surface area contributed by atoms with E-state index in [0.29, 0.717) is 30.8 Å². The number of halogens is 9. The number of likely N-dealkylation sites (N-methyl/N-ethyl adjacent to an activating group) is 1. The third kappa shape index (κ3) is 8.06. The van der Waals surface area contributed by atoms with Crippen LogP contribution in [0.5, 0.6) is 5.75 Å². The molecule has 14 heteroatoms. The monoisotopic (exact) mass is 721 g/mol. The van der Waals surface area contributed by atoms with Crippen LogP contribution < -0.4 is 4.74 Å². The zero-order valence-electron chi connectivity index (χ0n) is 28.2. The summed E-state index contributed by atoms with van der Waals surface area (Å²) in [6, 6.07) is 6.38. The van der Waals surface area contributed by atoms with Crippen molar-refractivity contribution in [1.29, 1.82) is 0 Å². The van der Waals surface area contributed by atoms with Gasteiger partial charge in [-0.25, -0.2) is 0 Å². The fourth-order valence-corrected chi connectivity index (χ4v) is 8.40. The van der Waals surface area contributed by atoms with Crippen LogP contribution in [0.3, 0.4) is 0 Å². The zero-order chi connectivity index (χ0) is 35.8. The Balaban J connectivity index is 1.29. The summed E-state index contributed by atoms with van der Waals surface area (Å²) in [6.07, 6.45) is -12.6. The lowest BCUT2D eigenvalue weighted by molar-refractivity contribution is -0.457. The Morgan fingerprint density at radius 1 is 0.875 bits per heavy atom. The van der Waals surface area contributed by atoms with E-state index < -0.39 is 37.2 Å². The summed E-state index contributed by atoms with van der Waals surface area (Å²) >= 11 is 1.87. The van der Waals surface area contributed by atoms with Crippen LogP contribution in [0.2, 0.25) is 0 Å². The highest BCUT2D eigenvalue weighted by atomic mass is 32.2. The first kappa shape index (κ1) is 39.4. The summed E-state index contributed by atoms with van der Waals surface area (Å²) in [5, 5.41) is 0. The lowest BCUT2D eigenvalue weighted by Gasteiger charge is -2.50. The van der Waals surface area contributed by atoms with E-state index >= 15 is 0 Å². The molecule has 0 amide bonds. The maximum Gasteiger partial charge on any atom is 0.435 e. The van der Waals surface area contributed by atoms with Crippen molar-refractivity contribution in [2.75, 3.05) is 46.2 Å². The number of benzene rings is 1. The molecule has 3 aliphatic rings. The molecular weight excluding hydrogens is 673 g/mol. The van der Waals surface area contributed by atoms with Crippen molar-refractivity contribution in [3.63, 3.8) is 0 Å². The van der Waals surface area contributed by atoms with Gasteiger partial charge in [-0.15, -0.1) is 0 Å². The third-order valence-electron chi connectivity index (χ3n) is 11.1. The first-order chi connectivity index (χ1) is 22.2. The topological polar surface area (TPSA) is 30.9 Å². The average molecular weight is 722 g/mol. The van der Waals surface area contributed by atoms with Crippen LogP contribution in [0.15, 0.2) is 18.2 Å². The van der Waals surface area contributed by atoms with Crippen LogP contribution in [-0.4, -0.2) is 86.1 Å². The largest absolute Gasteiger partial charge is 0.492 e. The van der Waals surface area contributed by atoms with E-state index in [-0.39, 0.29) is 22.9 Å². The van der Waals surface area contributed by atoms with Gasteiger partial charge in [0.2, 0.25) is 0 Å². The van der Waals surface area contributed by atoms with E-state index in [2.05, 4.69) is 55.8 Å². The number of thioether (sulfide) groups is 1. The van der Waals surface area contributed by atoms with Gasteiger partial charge in [-0.1, -0.05) is 26.8 Å². The highest BCUT2D eigenvalue weighted by Crippen LogP contribution is 2.62.